The van der Waals surface area contributed by atoms with E-state index in [4.69, 9.17) is 9.52 Å². The van der Waals surface area contributed by atoms with Gasteiger partial charge in [0.25, 0.3) is 0 Å². The van der Waals surface area contributed by atoms with Crippen LogP contribution in [0.25, 0.3) is 28.0 Å². The lowest BCUT2D eigenvalue weighted by molar-refractivity contribution is 0.473. The first-order valence-corrected chi connectivity index (χ1v) is 6.36. The lowest BCUT2D eigenvalue weighted by Crippen LogP contribution is -2.02. The molecule has 0 unspecified atom stereocenters. The van der Waals surface area contributed by atoms with Crippen molar-refractivity contribution in [3.63, 3.8) is 0 Å². The molecule has 21 heavy (non-hydrogen) atoms. The summed E-state index contributed by atoms with van der Waals surface area (Å²) in [5.74, 6) is -0.0905. The van der Waals surface area contributed by atoms with Crippen molar-refractivity contribution in [3.05, 3.63) is 70.6 Å². The van der Waals surface area contributed by atoms with Crippen LogP contribution in [-0.2, 0) is 0 Å². The first-order chi connectivity index (χ1) is 10.2. The van der Waals surface area contributed by atoms with Gasteiger partial charge in [0, 0.05) is 0 Å². The second-order valence-corrected chi connectivity index (χ2v) is 4.54. The van der Waals surface area contributed by atoms with Crippen LogP contribution < -0.4 is 5.43 Å². The molecule has 1 heterocycles. The maximum absolute atomic E-state index is 12.5. The largest absolute Gasteiger partial charge is 0.516 e. The van der Waals surface area contributed by atoms with Crippen molar-refractivity contribution >= 4 is 28.0 Å². The number of phenols is 1. The Morgan fingerprint density at radius 1 is 1.05 bits per heavy atom. The number of rotatable bonds is 2. The Labute approximate surface area is 119 Å². The van der Waals surface area contributed by atoms with Gasteiger partial charge in [0.2, 0.25) is 5.43 Å². The van der Waals surface area contributed by atoms with E-state index in [1.165, 1.54) is 12.1 Å². The van der Waals surface area contributed by atoms with Crippen LogP contribution in [0, 0.1) is 0 Å². The highest BCUT2D eigenvalue weighted by Crippen LogP contribution is 2.25. The van der Waals surface area contributed by atoms with Crippen molar-refractivity contribution in [3.8, 4) is 5.75 Å². The number of phenolic OH excluding ortho intramolecular Hbond substituents is 1. The number of aromatic hydroxyl groups is 1. The van der Waals surface area contributed by atoms with Crippen LogP contribution in [0.3, 0.4) is 0 Å². The van der Waals surface area contributed by atoms with Gasteiger partial charge < -0.3 is 14.6 Å². The number of aliphatic hydroxyl groups excluding tert-OH is 1. The number of benzene rings is 2. The van der Waals surface area contributed by atoms with Gasteiger partial charge in [-0.15, -0.1) is 0 Å². The third-order valence-electron chi connectivity index (χ3n) is 3.19. The van der Waals surface area contributed by atoms with Crippen LogP contribution in [0.1, 0.15) is 5.56 Å². The molecule has 1 aromatic heterocycles. The Morgan fingerprint density at radius 3 is 2.71 bits per heavy atom. The van der Waals surface area contributed by atoms with E-state index in [2.05, 4.69) is 0 Å². The van der Waals surface area contributed by atoms with Crippen molar-refractivity contribution < 1.29 is 14.6 Å². The highest BCUT2D eigenvalue weighted by molar-refractivity contribution is 5.93. The highest BCUT2D eigenvalue weighted by Gasteiger charge is 2.10. The molecule has 0 spiro atoms. The van der Waals surface area contributed by atoms with Gasteiger partial charge in [-0.25, -0.2) is 0 Å². The lowest BCUT2D eigenvalue weighted by Gasteiger charge is -2.03. The summed E-state index contributed by atoms with van der Waals surface area (Å²) in [7, 11) is 0. The minimum Gasteiger partial charge on any atom is -0.516 e. The molecule has 0 amide bonds. The van der Waals surface area contributed by atoms with Crippen LogP contribution in [-0.4, -0.2) is 10.2 Å². The molecule has 4 nitrogen and oxygen atoms in total. The zero-order chi connectivity index (χ0) is 14.8. The van der Waals surface area contributed by atoms with Crippen LogP contribution >= 0.6 is 0 Å². The lowest BCUT2D eigenvalue weighted by atomic mass is 10.1. The molecule has 3 rings (SSSR count). The van der Waals surface area contributed by atoms with Gasteiger partial charge in [0.15, 0.2) is 0 Å². The molecule has 104 valence electrons. The number of aliphatic hydroxyl groups is 1. The Balaban J connectivity index is 2.30. The summed E-state index contributed by atoms with van der Waals surface area (Å²) in [6, 6.07) is 9.94. The quantitative estimate of drug-likeness (QED) is 0.426. The van der Waals surface area contributed by atoms with Crippen molar-refractivity contribution in [1.82, 2.24) is 0 Å². The third kappa shape index (κ3) is 2.27. The minimum atomic E-state index is -0.266. The summed E-state index contributed by atoms with van der Waals surface area (Å²) in [4.78, 5) is 12.5. The molecule has 0 radical (unpaired) electrons. The van der Waals surface area contributed by atoms with E-state index in [0.29, 0.717) is 16.6 Å². The standard InChI is InChI=1S/C17H12O4/c18-9-2-1-4-11-7-8-14-12(10-11)17(20)16-13(19)5-3-6-15(16)21-14/h1-10,18-19H/b4-1-,9-2+. The van der Waals surface area contributed by atoms with Gasteiger partial charge in [-0.1, -0.05) is 24.3 Å². The van der Waals surface area contributed by atoms with Crippen molar-refractivity contribution in [1.29, 1.82) is 0 Å². The summed E-state index contributed by atoms with van der Waals surface area (Å²) in [5.41, 5.74) is 1.35. The van der Waals surface area contributed by atoms with Gasteiger partial charge in [-0.05, 0) is 35.9 Å². The fraction of sp³-hybridized carbons (Fsp3) is 0. The zero-order valence-corrected chi connectivity index (χ0v) is 11.0. The fourth-order valence-corrected chi connectivity index (χ4v) is 2.22. The van der Waals surface area contributed by atoms with E-state index in [9.17, 15) is 9.90 Å². The van der Waals surface area contributed by atoms with Crippen LogP contribution in [0.4, 0.5) is 0 Å². The van der Waals surface area contributed by atoms with E-state index in [-0.39, 0.29) is 16.6 Å². The topological polar surface area (TPSA) is 70.7 Å². The maximum Gasteiger partial charge on any atom is 0.204 e. The zero-order valence-electron chi connectivity index (χ0n) is 11.0. The average molecular weight is 280 g/mol. The van der Waals surface area contributed by atoms with E-state index in [0.717, 1.165) is 11.8 Å². The summed E-state index contributed by atoms with van der Waals surface area (Å²) < 4.78 is 5.65. The molecular weight excluding hydrogens is 268 g/mol. The van der Waals surface area contributed by atoms with Gasteiger partial charge in [0.05, 0.1) is 11.6 Å². The molecule has 0 fully saturated rings. The number of allylic oxidation sites excluding steroid dienone is 2. The van der Waals surface area contributed by atoms with Crippen LogP contribution in [0.15, 0.2) is 64.0 Å². The molecule has 0 bridgehead atoms. The molecule has 0 aliphatic carbocycles. The van der Waals surface area contributed by atoms with E-state index in [1.807, 2.05) is 6.07 Å². The van der Waals surface area contributed by atoms with Crippen molar-refractivity contribution in [2.75, 3.05) is 0 Å². The monoisotopic (exact) mass is 280 g/mol. The fourth-order valence-electron chi connectivity index (χ4n) is 2.22. The summed E-state index contributed by atoms with van der Waals surface area (Å²) in [5, 5.41) is 19.0. The normalized spacial score (nSPS) is 12.0. The predicted molar refractivity (Wildman–Crippen MR) is 82.5 cm³/mol. The van der Waals surface area contributed by atoms with Crippen LogP contribution in [0.2, 0.25) is 0 Å². The first kappa shape index (κ1) is 13.0. The van der Waals surface area contributed by atoms with Gasteiger partial charge in [-0.2, -0.15) is 0 Å². The second kappa shape index (κ2) is 5.17. The molecule has 0 saturated heterocycles. The molecule has 2 N–H and O–H groups in total. The van der Waals surface area contributed by atoms with Gasteiger partial charge in [0.1, 0.15) is 22.3 Å². The number of fused-ring (bicyclic) bond motifs is 2. The number of hydrogen-bond donors (Lipinski definition) is 2. The molecule has 0 atom stereocenters. The van der Waals surface area contributed by atoms with Gasteiger partial charge >= 0.3 is 0 Å². The Morgan fingerprint density at radius 2 is 1.90 bits per heavy atom. The summed E-state index contributed by atoms with van der Waals surface area (Å²) in [6.07, 6.45) is 5.80. The summed E-state index contributed by atoms with van der Waals surface area (Å²) in [6.45, 7) is 0. The maximum atomic E-state index is 12.5. The van der Waals surface area contributed by atoms with Gasteiger partial charge in [-0.3, -0.25) is 4.79 Å². The molecule has 0 aliphatic heterocycles. The molecule has 0 aliphatic rings. The van der Waals surface area contributed by atoms with E-state index >= 15 is 0 Å². The second-order valence-electron chi connectivity index (χ2n) is 4.54. The highest BCUT2D eigenvalue weighted by atomic mass is 16.3. The van der Waals surface area contributed by atoms with Crippen LogP contribution in [0.5, 0.6) is 5.75 Å². The Kier molecular flexibility index (Phi) is 3.20. The Hall–Kier alpha value is -3.01. The minimum absolute atomic E-state index is 0.0905. The molecule has 3 aromatic rings. The smallest absolute Gasteiger partial charge is 0.204 e. The molecular formula is C17H12O4. The van der Waals surface area contributed by atoms with E-state index < -0.39 is 0 Å². The predicted octanol–water partition coefficient (Wildman–Crippen LogP) is 3.74. The first-order valence-electron chi connectivity index (χ1n) is 6.36. The Bertz CT molecular complexity index is 933. The summed E-state index contributed by atoms with van der Waals surface area (Å²) >= 11 is 0. The van der Waals surface area contributed by atoms with Crippen molar-refractivity contribution in [2.45, 2.75) is 0 Å². The molecule has 4 heteroatoms. The SMILES string of the molecule is O=c1c2cc(/C=C\C=C\O)ccc2oc2cccc(O)c12. The molecule has 2 aromatic carbocycles. The molecule has 0 saturated carbocycles. The van der Waals surface area contributed by atoms with E-state index in [1.54, 1.807) is 36.4 Å². The average Bonchev–Trinajstić information content (AvgIpc) is 2.48. The number of hydrogen-bond acceptors (Lipinski definition) is 4. The third-order valence-corrected chi connectivity index (χ3v) is 3.19. The van der Waals surface area contributed by atoms with Crippen molar-refractivity contribution in [2.24, 2.45) is 0 Å².